The van der Waals surface area contributed by atoms with Gasteiger partial charge in [0.25, 0.3) is 0 Å². The molecule has 18 heavy (non-hydrogen) atoms. The molecule has 94 valence electrons. The van der Waals surface area contributed by atoms with E-state index < -0.39 is 0 Å². The minimum atomic E-state index is 0.782. The van der Waals surface area contributed by atoms with Crippen LogP contribution in [0.15, 0.2) is 41.3 Å². The van der Waals surface area contributed by atoms with Crippen molar-refractivity contribution in [1.29, 1.82) is 0 Å². The molecule has 1 aromatic heterocycles. The van der Waals surface area contributed by atoms with Gasteiger partial charge in [-0.3, -0.25) is 0 Å². The van der Waals surface area contributed by atoms with Crippen molar-refractivity contribution >= 4 is 27.4 Å². The maximum atomic E-state index is 5.68. The molecule has 0 spiro atoms. The maximum Gasteiger partial charge on any atom is 0.146 e. The van der Waals surface area contributed by atoms with Gasteiger partial charge in [-0.25, -0.2) is 9.97 Å². The zero-order chi connectivity index (χ0) is 13.0. The van der Waals surface area contributed by atoms with E-state index in [9.17, 15) is 0 Å². The lowest BCUT2D eigenvalue weighted by molar-refractivity contribution is 0.806. The number of halogens is 1. The summed E-state index contributed by atoms with van der Waals surface area (Å²) in [4.78, 5) is 10.5. The summed E-state index contributed by atoms with van der Waals surface area (Å²) in [6.07, 6.45) is 3.32. The molecular formula is C13H15BrN4. The number of rotatable bonds is 4. The summed E-state index contributed by atoms with van der Waals surface area (Å²) in [5.74, 6) is 0.907. The zero-order valence-electron chi connectivity index (χ0n) is 10.2. The van der Waals surface area contributed by atoms with Crippen LogP contribution in [0.25, 0.3) is 0 Å². The molecule has 0 saturated heterocycles. The highest BCUT2D eigenvalue weighted by atomic mass is 79.9. The first-order valence-corrected chi connectivity index (χ1v) is 6.55. The number of benzene rings is 1. The fourth-order valence-electron chi connectivity index (χ4n) is 1.72. The predicted octanol–water partition coefficient (Wildman–Crippen LogP) is 2.85. The van der Waals surface area contributed by atoms with E-state index in [0.29, 0.717) is 0 Å². The van der Waals surface area contributed by atoms with Crippen LogP contribution in [0.3, 0.4) is 0 Å². The molecule has 2 N–H and O–H groups in total. The maximum absolute atomic E-state index is 5.68. The van der Waals surface area contributed by atoms with Gasteiger partial charge in [0.1, 0.15) is 12.1 Å². The molecule has 1 aromatic carbocycles. The predicted molar refractivity (Wildman–Crippen MR) is 77.3 cm³/mol. The summed E-state index contributed by atoms with van der Waals surface area (Å²) in [7, 11) is 0. The first-order valence-electron chi connectivity index (χ1n) is 5.75. The first-order chi connectivity index (χ1) is 8.70. The molecule has 4 nitrogen and oxygen atoms in total. The van der Waals surface area contributed by atoms with Crippen molar-refractivity contribution in [3.8, 4) is 0 Å². The number of nitrogen functional groups attached to an aromatic ring is 1. The van der Waals surface area contributed by atoms with Gasteiger partial charge in [-0.2, -0.15) is 0 Å². The van der Waals surface area contributed by atoms with Gasteiger partial charge in [0.05, 0.1) is 4.47 Å². The van der Waals surface area contributed by atoms with Crippen LogP contribution in [-0.2, 0) is 6.54 Å². The molecule has 0 saturated carbocycles. The lowest BCUT2D eigenvalue weighted by Crippen LogP contribution is -2.23. The quantitative estimate of drug-likeness (QED) is 0.883. The molecule has 0 atom stereocenters. The molecule has 2 rings (SSSR count). The largest absolute Gasteiger partial charge is 0.399 e. The molecule has 5 heteroatoms. The molecule has 0 fully saturated rings. The average molecular weight is 307 g/mol. The fraction of sp³-hybridized carbons (Fsp3) is 0.231. The molecule has 0 aliphatic carbocycles. The van der Waals surface area contributed by atoms with E-state index in [1.807, 2.05) is 24.3 Å². The minimum absolute atomic E-state index is 0.782. The minimum Gasteiger partial charge on any atom is -0.399 e. The molecule has 1 heterocycles. The van der Waals surface area contributed by atoms with E-state index in [-0.39, 0.29) is 0 Å². The van der Waals surface area contributed by atoms with Crippen LogP contribution < -0.4 is 10.6 Å². The average Bonchev–Trinajstić information content (AvgIpc) is 2.39. The van der Waals surface area contributed by atoms with Crippen molar-refractivity contribution in [2.24, 2.45) is 0 Å². The Morgan fingerprint density at radius 1 is 1.28 bits per heavy atom. The molecule has 0 unspecified atom stereocenters. The Hall–Kier alpha value is -1.62. The number of aromatic nitrogens is 2. The lowest BCUT2D eigenvalue weighted by atomic mass is 10.2. The Balaban J connectivity index is 2.20. The highest BCUT2D eigenvalue weighted by Gasteiger charge is 2.10. The third-order valence-electron chi connectivity index (χ3n) is 2.68. The number of anilines is 2. The Morgan fingerprint density at radius 3 is 2.61 bits per heavy atom. The van der Waals surface area contributed by atoms with Gasteiger partial charge in [-0.15, -0.1) is 0 Å². The summed E-state index contributed by atoms with van der Waals surface area (Å²) < 4.78 is 0.905. The third kappa shape index (κ3) is 2.98. The van der Waals surface area contributed by atoms with Gasteiger partial charge in [-0.05, 0) is 40.5 Å². The van der Waals surface area contributed by atoms with E-state index in [4.69, 9.17) is 5.73 Å². The Kier molecular flexibility index (Phi) is 4.15. The molecule has 0 amide bonds. The van der Waals surface area contributed by atoms with Crippen LogP contribution >= 0.6 is 15.9 Å². The van der Waals surface area contributed by atoms with Gasteiger partial charge in [-0.1, -0.05) is 12.1 Å². The van der Waals surface area contributed by atoms with Gasteiger partial charge in [0.15, 0.2) is 0 Å². The highest BCUT2D eigenvalue weighted by Crippen LogP contribution is 2.23. The molecule has 2 aromatic rings. The van der Waals surface area contributed by atoms with E-state index >= 15 is 0 Å². The van der Waals surface area contributed by atoms with Gasteiger partial charge in [0, 0.05) is 25.0 Å². The molecule has 0 radical (unpaired) electrons. The topological polar surface area (TPSA) is 55.0 Å². The summed E-state index contributed by atoms with van der Waals surface area (Å²) in [6.45, 7) is 3.78. The van der Waals surface area contributed by atoms with E-state index in [1.54, 1.807) is 12.5 Å². The Labute approximate surface area is 115 Å². The molecule has 0 aliphatic heterocycles. The number of nitrogens with zero attached hydrogens (tertiary/aromatic N) is 3. The van der Waals surface area contributed by atoms with Crippen molar-refractivity contribution < 1.29 is 0 Å². The van der Waals surface area contributed by atoms with E-state index in [0.717, 1.165) is 29.1 Å². The second-order valence-corrected chi connectivity index (χ2v) is 4.80. The zero-order valence-corrected chi connectivity index (χ0v) is 11.8. The normalized spacial score (nSPS) is 10.3. The van der Waals surface area contributed by atoms with Crippen LogP contribution in [0.5, 0.6) is 0 Å². The summed E-state index contributed by atoms with van der Waals surface area (Å²) in [5, 5.41) is 0. The van der Waals surface area contributed by atoms with Crippen molar-refractivity contribution in [3.63, 3.8) is 0 Å². The standard InChI is InChI=1S/C13H15BrN4/c1-2-18(13-12(14)7-16-9-17-13)8-10-3-5-11(15)6-4-10/h3-7,9H,2,8,15H2,1H3. The monoisotopic (exact) mass is 306 g/mol. The first kappa shape index (κ1) is 12.8. The molecular weight excluding hydrogens is 292 g/mol. The summed E-state index contributed by atoms with van der Waals surface area (Å²) >= 11 is 3.48. The number of nitrogens with two attached hydrogens (primary N) is 1. The number of hydrogen-bond acceptors (Lipinski definition) is 4. The van der Waals surface area contributed by atoms with Crippen molar-refractivity contribution in [1.82, 2.24) is 9.97 Å². The van der Waals surface area contributed by atoms with Crippen LogP contribution in [0, 0.1) is 0 Å². The second-order valence-electron chi connectivity index (χ2n) is 3.95. The number of hydrogen-bond donors (Lipinski definition) is 1. The molecule has 0 aliphatic rings. The van der Waals surface area contributed by atoms with Crippen LogP contribution in [0.2, 0.25) is 0 Å². The van der Waals surface area contributed by atoms with E-state index in [2.05, 4.69) is 37.7 Å². The van der Waals surface area contributed by atoms with Gasteiger partial charge >= 0.3 is 0 Å². The smallest absolute Gasteiger partial charge is 0.146 e. The van der Waals surface area contributed by atoms with Crippen LogP contribution in [0.4, 0.5) is 11.5 Å². The Morgan fingerprint density at radius 2 is 2.00 bits per heavy atom. The van der Waals surface area contributed by atoms with Gasteiger partial charge < -0.3 is 10.6 Å². The molecule has 0 bridgehead atoms. The van der Waals surface area contributed by atoms with Crippen molar-refractivity contribution in [2.45, 2.75) is 13.5 Å². The Bertz CT molecular complexity index is 513. The van der Waals surface area contributed by atoms with Crippen LogP contribution in [0.1, 0.15) is 12.5 Å². The van der Waals surface area contributed by atoms with E-state index in [1.165, 1.54) is 5.56 Å². The van der Waals surface area contributed by atoms with Crippen LogP contribution in [-0.4, -0.2) is 16.5 Å². The SMILES string of the molecule is CCN(Cc1ccc(N)cc1)c1ncncc1Br. The summed E-state index contributed by atoms with van der Waals surface area (Å²) in [6, 6.07) is 7.90. The highest BCUT2D eigenvalue weighted by molar-refractivity contribution is 9.10. The second kappa shape index (κ2) is 5.82. The van der Waals surface area contributed by atoms with Crippen molar-refractivity contribution in [2.75, 3.05) is 17.2 Å². The fourth-order valence-corrected chi connectivity index (χ4v) is 2.19. The third-order valence-corrected chi connectivity index (χ3v) is 3.24. The van der Waals surface area contributed by atoms with Gasteiger partial charge in [0.2, 0.25) is 0 Å². The lowest BCUT2D eigenvalue weighted by Gasteiger charge is -2.22. The van der Waals surface area contributed by atoms with Crippen molar-refractivity contribution in [3.05, 3.63) is 46.8 Å². The summed E-state index contributed by atoms with van der Waals surface area (Å²) in [5.41, 5.74) is 7.67.